The van der Waals surface area contributed by atoms with Crippen molar-refractivity contribution in [3.05, 3.63) is 29.8 Å². The van der Waals surface area contributed by atoms with Crippen LogP contribution in [0.2, 0.25) is 0 Å². The highest BCUT2D eigenvalue weighted by Gasteiger charge is 2.33. The third-order valence-electron chi connectivity index (χ3n) is 3.10. The van der Waals surface area contributed by atoms with E-state index in [0.29, 0.717) is 13.1 Å². The van der Waals surface area contributed by atoms with Crippen LogP contribution in [0.5, 0.6) is 5.75 Å². The molecule has 1 aromatic carbocycles. The molecule has 5 heteroatoms. The van der Waals surface area contributed by atoms with Gasteiger partial charge in [0.05, 0.1) is 13.0 Å². The molecule has 1 heterocycles. The number of aliphatic carboxylic acids is 1. The van der Waals surface area contributed by atoms with E-state index in [2.05, 4.69) is 0 Å². The summed E-state index contributed by atoms with van der Waals surface area (Å²) in [5, 5.41) is 8.89. The fraction of sp³-hybridized carbons (Fsp3) is 0.385. The van der Waals surface area contributed by atoms with Crippen molar-refractivity contribution in [2.45, 2.75) is 13.0 Å². The number of carboxylic acids is 1. The van der Waals surface area contributed by atoms with Gasteiger partial charge in [-0.1, -0.05) is 12.1 Å². The van der Waals surface area contributed by atoms with Crippen LogP contribution in [0.15, 0.2) is 24.3 Å². The third-order valence-corrected chi connectivity index (χ3v) is 3.10. The first-order valence-corrected chi connectivity index (χ1v) is 5.73. The SMILES string of the molecule is COc1ccc(CN2C[C@H](C(=O)O)CC2=O)cc1. The van der Waals surface area contributed by atoms with Crippen molar-refractivity contribution in [2.24, 2.45) is 5.92 Å². The molecule has 1 aliphatic heterocycles. The number of rotatable bonds is 4. The number of amides is 1. The van der Waals surface area contributed by atoms with Gasteiger partial charge in [-0.3, -0.25) is 9.59 Å². The van der Waals surface area contributed by atoms with Gasteiger partial charge in [-0.25, -0.2) is 0 Å². The lowest BCUT2D eigenvalue weighted by atomic mass is 10.1. The maximum absolute atomic E-state index is 11.7. The van der Waals surface area contributed by atoms with Crippen LogP contribution in [-0.2, 0) is 16.1 Å². The number of benzene rings is 1. The molecule has 2 rings (SSSR count). The molecule has 1 amide bonds. The van der Waals surface area contributed by atoms with Crippen molar-refractivity contribution in [2.75, 3.05) is 13.7 Å². The van der Waals surface area contributed by atoms with Gasteiger partial charge in [-0.05, 0) is 17.7 Å². The van der Waals surface area contributed by atoms with Crippen LogP contribution in [0.3, 0.4) is 0 Å². The Morgan fingerprint density at radius 1 is 1.44 bits per heavy atom. The summed E-state index contributed by atoms with van der Waals surface area (Å²) in [4.78, 5) is 24.1. The second-order valence-corrected chi connectivity index (χ2v) is 4.36. The summed E-state index contributed by atoms with van der Waals surface area (Å²) in [6.45, 7) is 0.743. The zero-order chi connectivity index (χ0) is 13.1. The summed E-state index contributed by atoms with van der Waals surface area (Å²) in [6.07, 6.45) is 0.103. The minimum absolute atomic E-state index is 0.0989. The van der Waals surface area contributed by atoms with Gasteiger partial charge in [0, 0.05) is 19.5 Å². The molecule has 1 saturated heterocycles. The normalized spacial score (nSPS) is 19.1. The monoisotopic (exact) mass is 249 g/mol. The van der Waals surface area contributed by atoms with Gasteiger partial charge >= 0.3 is 5.97 Å². The Labute approximate surface area is 105 Å². The van der Waals surface area contributed by atoms with E-state index in [-0.39, 0.29) is 12.3 Å². The number of carbonyl (C=O) groups excluding carboxylic acids is 1. The minimum Gasteiger partial charge on any atom is -0.497 e. The lowest BCUT2D eigenvalue weighted by molar-refractivity contribution is -0.141. The smallest absolute Gasteiger partial charge is 0.308 e. The van der Waals surface area contributed by atoms with Crippen LogP contribution in [0, 0.1) is 5.92 Å². The van der Waals surface area contributed by atoms with E-state index in [4.69, 9.17) is 9.84 Å². The molecule has 0 radical (unpaired) electrons. The summed E-state index contributed by atoms with van der Waals surface area (Å²) in [5.41, 5.74) is 0.968. The third kappa shape index (κ3) is 2.61. The van der Waals surface area contributed by atoms with E-state index < -0.39 is 11.9 Å². The van der Waals surface area contributed by atoms with Crippen LogP contribution < -0.4 is 4.74 Å². The van der Waals surface area contributed by atoms with Gasteiger partial charge < -0.3 is 14.7 Å². The molecule has 0 saturated carbocycles. The van der Waals surface area contributed by atoms with Crippen LogP contribution in [0.25, 0.3) is 0 Å². The molecule has 0 unspecified atom stereocenters. The maximum Gasteiger partial charge on any atom is 0.308 e. The van der Waals surface area contributed by atoms with E-state index in [0.717, 1.165) is 11.3 Å². The molecular formula is C13H15NO4. The Morgan fingerprint density at radius 2 is 2.11 bits per heavy atom. The molecule has 5 nitrogen and oxygen atoms in total. The Hall–Kier alpha value is -2.04. The zero-order valence-electron chi connectivity index (χ0n) is 10.1. The molecule has 1 aliphatic rings. The van der Waals surface area contributed by atoms with Gasteiger partial charge in [0.15, 0.2) is 0 Å². The predicted octanol–water partition coefficient (Wildman–Crippen LogP) is 1.13. The Balaban J connectivity index is 2.01. The van der Waals surface area contributed by atoms with Crippen LogP contribution in [0.4, 0.5) is 0 Å². The molecule has 1 aromatic rings. The van der Waals surface area contributed by atoms with E-state index >= 15 is 0 Å². The highest BCUT2D eigenvalue weighted by molar-refractivity contribution is 5.86. The first-order valence-electron chi connectivity index (χ1n) is 5.73. The molecule has 18 heavy (non-hydrogen) atoms. The Kier molecular flexibility index (Phi) is 3.50. The Morgan fingerprint density at radius 3 is 2.61 bits per heavy atom. The second kappa shape index (κ2) is 5.08. The minimum atomic E-state index is -0.902. The number of hydrogen-bond acceptors (Lipinski definition) is 3. The average molecular weight is 249 g/mol. The van der Waals surface area contributed by atoms with Crippen molar-refractivity contribution in [3.63, 3.8) is 0 Å². The Bertz CT molecular complexity index is 455. The van der Waals surface area contributed by atoms with E-state index in [1.54, 1.807) is 12.0 Å². The molecule has 1 N–H and O–H groups in total. The van der Waals surface area contributed by atoms with Crippen molar-refractivity contribution >= 4 is 11.9 Å². The van der Waals surface area contributed by atoms with Crippen LogP contribution in [-0.4, -0.2) is 35.5 Å². The highest BCUT2D eigenvalue weighted by Crippen LogP contribution is 2.21. The lowest BCUT2D eigenvalue weighted by Crippen LogP contribution is -2.25. The fourth-order valence-electron chi connectivity index (χ4n) is 2.04. The predicted molar refractivity (Wildman–Crippen MR) is 64.2 cm³/mol. The first-order chi connectivity index (χ1) is 8.60. The van der Waals surface area contributed by atoms with Crippen LogP contribution >= 0.6 is 0 Å². The van der Waals surface area contributed by atoms with E-state index in [9.17, 15) is 9.59 Å². The summed E-state index contributed by atoms with van der Waals surface area (Å²) in [6, 6.07) is 7.40. The quantitative estimate of drug-likeness (QED) is 0.868. The van der Waals surface area contributed by atoms with E-state index in [1.807, 2.05) is 24.3 Å². The summed E-state index contributed by atoms with van der Waals surface area (Å²) >= 11 is 0. The standard InChI is InChI=1S/C13H15NO4/c1-18-11-4-2-9(3-5-11)7-14-8-10(13(16)17)6-12(14)15/h2-5,10H,6-8H2,1H3,(H,16,17)/t10-/m1/s1. The molecule has 0 aromatic heterocycles. The molecule has 0 bridgehead atoms. The number of hydrogen-bond donors (Lipinski definition) is 1. The summed E-state index contributed by atoms with van der Waals surface area (Å²) in [5.74, 6) is -0.815. The number of likely N-dealkylation sites (tertiary alicyclic amines) is 1. The average Bonchev–Trinajstić information content (AvgIpc) is 2.72. The summed E-state index contributed by atoms with van der Waals surface area (Å²) < 4.78 is 5.05. The van der Waals surface area contributed by atoms with E-state index in [1.165, 1.54) is 0 Å². The topological polar surface area (TPSA) is 66.8 Å². The summed E-state index contributed by atoms with van der Waals surface area (Å²) in [7, 11) is 1.59. The van der Waals surface area contributed by atoms with Gasteiger partial charge in [0.1, 0.15) is 5.75 Å². The maximum atomic E-state index is 11.7. The van der Waals surface area contributed by atoms with Crippen molar-refractivity contribution in [1.29, 1.82) is 0 Å². The van der Waals surface area contributed by atoms with Crippen LogP contribution in [0.1, 0.15) is 12.0 Å². The van der Waals surface area contributed by atoms with Gasteiger partial charge in [0.2, 0.25) is 5.91 Å². The largest absolute Gasteiger partial charge is 0.497 e. The number of nitrogens with zero attached hydrogens (tertiary/aromatic N) is 1. The number of carbonyl (C=O) groups is 2. The molecule has 0 spiro atoms. The first kappa shape index (κ1) is 12.4. The molecule has 1 fully saturated rings. The molecule has 1 atom stereocenters. The van der Waals surface area contributed by atoms with Gasteiger partial charge in [0.25, 0.3) is 0 Å². The zero-order valence-corrected chi connectivity index (χ0v) is 10.1. The second-order valence-electron chi connectivity index (χ2n) is 4.36. The fourth-order valence-corrected chi connectivity index (χ4v) is 2.04. The lowest BCUT2D eigenvalue weighted by Gasteiger charge is -2.16. The molecule has 96 valence electrons. The molecular weight excluding hydrogens is 234 g/mol. The highest BCUT2D eigenvalue weighted by atomic mass is 16.5. The van der Waals surface area contributed by atoms with Gasteiger partial charge in [-0.15, -0.1) is 0 Å². The van der Waals surface area contributed by atoms with Crippen molar-refractivity contribution < 1.29 is 19.4 Å². The van der Waals surface area contributed by atoms with Crippen molar-refractivity contribution in [1.82, 2.24) is 4.90 Å². The van der Waals surface area contributed by atoms with Crippen molar-refractivity contribution in [3.8, 4) is 5.75 Å². The number of carboxylic acid groups (broad SMARTS) is 1. The molecule has 0 aliphatic carbocycles. The number of methoxy groups -OCH3 is 1. The number of ether oxygens (including phenoxy) is 1. The van der Waals surface area contributed by atoms with Gasteiger partial charge in [-0.2, -0.15) is 0 Å².